The molecule has 0 N–H and O–H groups in total. The molecule has 0 saturated heterocycles. The lowest BCUT2D eigenvalue weighted by molar-refractivity contribution is 0.810. The Bertz CT molecular complexity index is 143. The highest BCUT2D eigenvalue weighted by Crippen LogP contribution is 1.85. The molecule has 0 spiro atoms. The SMILES string of the molecule is C/C=C\C=C/C=NCCCC. The van der Waals surface area contributed by atoms with Gasteiger partial charge >= 0.3 is 0 Å². The first-order chi connectivity index (χ1) is 5.41. The maximum atomic E-state index is 4.19. The second kappa shape index (κ2) is 9.15. The summed E-state index contributed by atoms with van der Waals surface area (Å²) in [5, 5.41) is 0. The Morgan fingerprint density at radius 1 is 1.18 bits per heavy atom. The third kappa shape index (κ3) is 9.15. The number of hydrogen-bond donors (Lipinski definition) is 0. The number of aliphatic imine (C=N–C) groups is 1. The molecule has 62 valence electrons. The Hall–Kier alpha value is -0.850. The van der Waals surface area contributed by atoms with Crippen LogP contribution in [0.2, 0.25) is 0 Å². The molecular formula is C10H17N. The first-order valence-corrected chi connectivity index (χ1v) is 4.19. The van der Waals surface area contributed by atoms with Crippen LogP contribution in [0.1, 0.15) is 26.7 Å². The van der Waals surface area contributed by atoms with Crippen molar-refractivity contribution in [1.82, 2.24) is 0 Å². The largest absolute Gasteiger partial charge is 0.293 e. The fraction of sp³-hybridized carbons (Fsp3) is 0.500. The van der Waals surface area contributed by atoms with Crippen LogP contribution in [0.5, 0.6) is 0 Å². The molecule has 0 radical (unpaired) electrons. The zero-order valence-electron chi connectivity index (χ0n) is 7.46. The molecule has 0 unspecified atom stereocenters. The smallest absolute Gasteiger partial charge is 0.0389 e. The molecule has 0 fully saturated rings. The lowest BCUT2D eigenvalue weighted by Crippen LogP contribution is -1.77. The Morgan fingerprint density at radius 2 is 2.00 bits per heavy atom. The van der Waals surface area contributed by atoms with E-state index in [9.17, 15) is 0 Å². The quantitative estimate of drug-likeness (QED) is 0.325. The third-order valence-corrected chi connectivity index (χ3v) is 1.25. The van der Waals surface area contributed by atoms with Gasteiger partial charge in [0, 0.05) is 12.8 Å². The predicted octanol–water partition coefficient (Wildman–Crippen LogP) is 2.99. The van der Waals surface area contributed by atoms with Crippen LogP contribution >= 0.6 is 0 Å². The molecule has 0 aliphatic heterocycles. The van der Waals surface area contributed by atoms with Crippen molar-refractivity contribution in [2.24, 2.45) is 4.99 Å². The molecular weight excluding hydrogens is 134 g/mol. The molecule has 0 aromatic heterocycles. The fourth-order valence-electron chi connectivity index (χ4n) is 0.610. The summed E-state index contributed by atoms with van der Waals surface area (Å²) in [6.07, 6.45) is 12.2. The molecule has 11 heavy (non-hydrogen) atoms. The van der Waals surface area contributed by atoms with E-state index in [0.29, 0.717) is 0 Å². The number of unbranched alkanes of at least 4 members (excludes halogenated alkanes) is 1. The minimum Gasteiger partial charge on any atom is -0.293 e. The van der Waals surface area contributed by atoms with E-state index in [2.05, 4.69) is 11.9 Å². The summed E-state index contributed by atoms with van der Waals surface area (Å²) in [6.45, 7) is 5.13. The molecule has 1 heteroatoms. The monoisotopic (exact) mass is 151 g/mol. The molecule has 0 heterocycles. The summed E-state index contributed by atoms with van der Waals surface area (Å²) in [4.78, 5) is 4.19. The number of rotatable bonds is 5. The van der Waals surface area contributed by atoms with Gasteiger partial charge in [0.05, 0.1) is 0 Å². The zero-order valence-corrected chi connectivity index (χ0v) is 7.46. The summed E-state index contributed by atoms with van der Waals surface area (Å²) in [5.41, 5.74) is 0. The van der Waals surface area contributed by atoms with Gasteiger partial charge in [-0.25, -0.2) is 0 Å². The van der Waals surface area contributed by atoms with Gasteiger partial charge in [0.1, 0.15) is 0 Å². The number of hydrogen-bond acceptors (Lipinski definition) is 1. The molecule has 0 aromatic rings. The molecule has 1 nitrogen and oxygen atoms in total. The standard InChI is InChI=1S/C10H17N/c1-3-5-7-8-10-11-9-6-4-2/h3,5,7-8,10H,4,6,9H2,1-2H3/b5-3-,8-7-,11-10?. The van der Waals surface area contributed by atoms with Gasteiger partial charge in [0.15, 0.2) is 0 Å². The van der Waals surface area contributed by atoms with Crippen molar-refractivity contribution in [2.45, 2.75) is 26.7 Å². The first-order valence-electron chi connectivity index (χ1n) is 4.19. The van der Waals surface area contributed by atoms with Crippen molar-refractivity contribution in [3.63, 3.8) is 0 Å². The van der Waals surface area contributed by atoms with E-state index in [0.717, 1.165) is 6.54 Å². The maximum absolute atomic E-state index is 4.19. The van der Waals surface area contributed by atoms with Gasteiger partial charge in [-0.1, -0.05) is 31.6 Å². The van der Waals surface area contributed by atoms with Crippen LogP contribution < -0.4 is 0 Å². The molecule has 0 bridgehead atoms. The summed E-state index contributed by atoms with van der Waals surface area (Å²) in [5.74, 6) is 0. The second-order valence-electron chi connectivity index (χ2n) is 2.32. The summed E-state index contributed by atoms with van der Waals surface area (Å²) < 4.78 is 0. The minimum absolute atomic E-state index is 0.955. The Balaban J connectivity index is 3.28. The van der Waals surface area contributed by atoms with E-state index in [4.69, 9.17) is 0 Å². The fourth-order valence-corrected chi connectivity index (χ4v) is 0.610. The Morgan fingerprint density at radius 3 is 2.64 bits per heavy atom. The van der Waals surface area contributed by atoms with Crippen LogP contribution in [0.25, 0.3) is 0 Å². The molecule has 0 saturated carbocycles. The highest BCUT2D eigenvalue weighted by molar-refractivity contribution is 5.71. The van der Waals surface area contributed by atoms with Gasteiger partial charge in [0.25, 0.3) is 0 Å². The Kier molecular flexibility index (Phi) is 8.44. The van der Waals surface area contributed by atoms with Crippen molar-refractivity contribution in [3.8, 4) is 0 Å². The predicted molar refractivity (Wildman–Crippen MR) is 52.2 cm³/mol. The van der Waals surface area contributed by atoms with E-state index < -0.39 is 0 Å². The first kappa shape index (κ1) is 10.2. The summed E-state index contributed by atoms with van der Waals surface area (Å²) in [6, 6.07) is 0. The summed E-state index contributed by atoms with van der Waals surface area (Å²) >= 11 is 0. The van der Waals surface area contributed by atoms with Crippen LogP contribution in [0.4, 0.5) is 0 Å². The Labute approximate surface area is 69.5 Å². The van der Waals surface area contributed by atoms with Gasteiger partial charge < -0.3 is 0 Å². The third-order valence-electron chi connectivity index (χ3n) is 1.25. The van der Waals surface area contributed by atoms with Crippen LogP contribution in [-0.4, -0.2) is 12.8 Å². The molecule has 0 aromatic carbocycles. The zero-order chi connectivity index (χ0) is 8.36. The molecule has 0 atom stereocenters. The molecule has 0 amide bonds. The van der Waals surface area contributed by atoms with Gasteiger partial charge in [-0.15, -0.1) is 0 Å². The van der Waals surface area contributed by atoms with Gasteiger partial charge in [-0.2, -0.15) is 0 Å². The van der Waals surface area contributed by atoms with Crippen LogP contribution in [0, 0.1) is 0 Å². The summed E-state index contributed by atoms with van der Waals surface area (Å²) in [7, 11) is 0. The van der Waals surface area contributed by atoms with E-state index in [1.807, 2.05) is 37.4 Å². The van der Waals surface area contributed by atoms with Crippen molar-refractivity contribution >= 4 is 6.21 Å². The lowest BCUT2D eigenvalue weighted by Gasteiger charge is -1.85. The van der Waals surface area contributed by atoms with Crippen molar-refractivity contribution in [1.29, 1.82) is 0 Å². The number of nitrogens with zero attached hydrogens (tertiary/aromatic N) is 1. The molecule has 0 aliphatic carbocycles. The van der Waals surface area contributed by atoms with Crippen molar-refractivity contribution in [3.05, 3.63) is 24.3 Å². The van der Waals surface area contributed by atoms with Gasteiger partial charge in [-0.3, -0.25) is 4.99 Å². The maximum Gasteiger partial charge on any atom is 0.0389 e. The van der Waals surface area contributed by atoms with Gasteiger partial charge in [-0.05, 0) is 19.4 Å². The van der Waals surface area contributed by atoms with E-state index in [-0.39, 0.29) is 0 Å². The average molecular weight is 151 g/mol. The van der Waals surface area contributed by atoms with Crippen LogP contribution in [0.3, 0.4) is 0 Å². The van der Waals surface area contributed by atoms with Crippen LogP contribution in [-0.2, 0) is 0 Å². The molecule has 0 rings (SSSR count). The highest BCUT2D eigenvalue weighted by atomic mass is 14.7. The van der Waals surface area contributed by atoms with Crippen LogP contribution in [0.15, 0.2) is 29.3 Å². The topological polar surface area (TPSA) is 12.4 Å². The number of allylic oxidation sites excluding steroid dienone is 4. The lowest BCUT2D eigenvalue weighted by atomic mass is 10.3. The van der Waals surface area contributed by atoms with E-state index in [1.54, 1.807) is 0 Å². The van der Waals surface area contributed by atoms with Gasteiger partial charge in [0.2, 0.25) is 0 Å². The van der Waals surface area contributed by atoms with E-state index >= 15 is 0 Å². The normalized spacial score (nSPS) is 12.5. The second-order valence-corrected chi connectivity index (χ2v) is 2.32. The van der Waals surface area contributed by atoms with E-state index in [1.165, 1.54) is 12.8 Å². The van der Waals surface area contributed by atoms with Crippen molar-refractivity contribution < 1.29 is 0 Å². The minimum atomic E-state index is 0.955. The average Bonchev–Trinajstić information content (AvgIpc) is 2.03. The molecule has 0 aliphatic rings. The highest BCUT2D eigenvalue weighted by Gasteiger charge is 1.74. The van der Waals surface area contributed by atoms with Crippen molar-refractivity contribution in [2.75, 3.05) is 6.54 Å².